The van der Waals surface area contributed by atoms with Crippen molar-refractivity contribution in [3.8, 4) is 11.1 Å². The van der Waals surface area contributed by atoms with Gasteiger partial charge in [0, 0.05) is 24.7 Å². The largest absolute Gasteiger partial charge is 0.384 e. The summed E-state index contributed by atoms with van der Waals surface area (Å²) < 4.78 is 7.43. The molecule has 0 amide bonds. The molecule has 5 N–H and O–H groups in total. The second-order valence-electron chi connectivity index (χ2n) is 9.22. The van der Waals surface area contributed by atoms with Gasteiger partial charge in [-0.3, -0.25) is 10.1 Å². The first kappa shape index (κ1) is 24.8. The lowest BCUT2D eigenvalue weighted by Crippen LogP contribution is -2.22. The van der Waals surface area contributed by atoms with Crippen LogP contribution in [-0.4, -0.2) is 42.7 Å². The van der Waals surface area contributed by atoms with E-state index in [1.807, 2.05) is 38.1 Å². The Morgan fingerprint density at radius 2 is 1.87 bits per heavy atom. The second-order valence-corrected chi connectivity index (χ2v) is 9.22. The maximum atomic E-state index is 12.0. The highest BCUT2D eigenvalue weighted by Crippen LogP contribution is 2.37. The molecule has 5 aromatic rings. The van der Waals surface area contributed by atoms with E-state index < -0.39 is 0 Å². The van der Waals surface area contributed by atoms with Crippen LogP contribution in [0.15, 0.2) is 53.2 Å². The predicted octanol–water partition coefficient (Wildman–Crippen LogP) is 4.44. The molecule has 1 fully saturated rings. The summed E-state index contributed by atoms with van der Waals surface area (Å²) in [5.74, 6) is 2.28. The molecule has 3 aromatic heterocycles. The molecule has 0 bridgehead atoms. The van der Waals surface area contributed by atoms with Crippen LogP contribution in [0.5, 0.6) is 0 Å². The van der Waals surface area contributed by atoms with Crippen molar-refractivity contribution in [1.29, 1.82) is 0 Å². The van der Waals surface area contributed by atoms with Crippen molar-refractivity contribution in [2.75, 3.05) is 29.5 Å². The Hall–Kier alpha value is -4.87. The summed E-state index contributed by atoms with van der Waals surface area (Å²) in [5.41, 5.74) is 14.8. The molecule has 0 spiro atoms. The van der Waals surface area contributed by atoms with Gasteiger partial charge < -0.3 is 30.4 Å². The standard InChI is InChI=1S/C23H23N5O3.C3H6N4/c1-15-21(16(2)31-25-15)18-12-19-22(20(13-18)28(29)30)24-23(26-10-6-7-11-26)27(19)14-17-8-4-3-5-9-17;4-2-1-6-3(5)7-2/h3-5,8-9,12-13H,6-7,10-11,14H2,1-2H3;1H,4H2,(H3,5,6,7). The van der Waals surface area contributed by atoms with Crippen LogP contribution in [0.2, 0.25) is 0 Å². The van der Waals surface area contributed by atoms with Gasteiger partial charge >= 0.3 is 0 Å². The van der Waals surface area contributed by atoms with Crippen LogP contribution < -0.4 is 16.4 Å². The Balaban J connectivity index is 0.000000366. The van der Waals surface area contributed by atoms with Crippen molar-refractivity contribution in [3.63, 3.8) is 0 Å². The van der Waals surface area contributed by atoms with Gasteiger partial charge in [-0.2, -0.15) is 0 Å². The van der Waals surface area contributed by atoms with Gasteiger partial charge in [0.2, 0.25) is 5.95 Å². The number of non-ortho nitro benzene ring substituents is 1. The maximum absolute atomic E-state index is 12.0. The fourth-order valence-corrected chi connectivity index (χ4v) is 4.80. The first-order valence-electron chi connectivity index (χ1n) is 12.3. The molecule has 6 rings (SSSR count). The number of imidazole rings is 2. The summed E-state index contributed by atoms with van der Waals surface area (Å²) in [4.78, 5) is 24.9. The highest BCUT2D eigenvalue weighted by Gasteiger charge is 2.27. The van der Waals surface area contributed by atoms with Crippen molar-refractivity contribution in [1.82, 2.24) is 24.7 Å². The highest BCUT2D eigenvalue weighted by atomic mass is 16.6. The summed E-state index contributed by atoms with van der Waals surface area (Å²) in [6.45, 7) is 6.07. The number of nitrogens with two attached hydrogens (primary N) is 2. The molecule has 38 heavy (non-hydrogen) atoms. The number of rotatable bonds is 5. The summed E-state index contributed by atoms with van der Waals surface area (Å²) in [6, 6.07) is 13.7. The molecule has 0 atom stereocenters. The molecule has 196 valence electrons. The Morgan fingerprint density at radius 3 is 2.42 bits per heavy atom. The summed E-state index contributed by atoms with van der Waals surface area (Å²) in [6.07, 6.45) is 3.66. The van der Waals surface area contributed by atoms with E-state index in [1.54, 1.807) is 6.07 Å². The number of nitrogens with zero attached hydrogens (tertiary/aromatic N) is 6. The van der Waals surface area contributed by atoms with E-state index in [4.69, 9.17) is 21.0 Å². The molecule has 12 heteroatoms. The number of nitrogen functional groups attached to an aromatic ring is 2. The normalized spacial score (nSPS) is 13.1. The fourth-order valence-electron chi connectivity index (χ4n) is 4.80. The first-order valence-corrected chi connectivity index (χ1v) is 12.3. The number of anilines is 3. The zero-order valence-electron chi connectivity index (χ0n) is 21.2. The van der Waals surface area contributed by atoms with Gasteiger partial charge in [-0.05, 0) is 43.9 Å². The van der Waals surface area contributed by atoms with E-state index in [-0.39, 0.29) is 10.6 Å². The number of nitro groups is 1. The average Bonchev–Trinajstić information content (AvgIpc) is 3.69. The Kier molecular flexibility index (Phi) is 6.69. The second kappa shape index (κ2) is 10.2. The molecule has 12 nitrogen and oxygen atoms in total. The van der Waals surface area contributed by atoms with Gasteiger partial charge in [0.1, 0.15) is 11.6 Å². The van der Waals surface area contributed by atoms with Crippen LogP contribution in [0.1, 0.15) is 29.9 Å². The maximum Gasteiger partial charge on any atom is 0.297 e. The number of aryl methyl sites for hydroxylation is 2. The summed E-state index contributed by atoms with van der Waals surface area (Å²) in [5, 5.41) is 16.0. The Bertz CT molecular complexity index is 1540. The Morgan fingerprint density at radius 1 is 1.13 bits per heavy atom. The molecular weight excluding hydrogens is 486 g/mol. The number of aromatic amines is 1. The average molecular weight is 516 g/mol. The van der Waals surface area contributed by atoms with Crippen molar-refractivity contribution in [2.24, 2.45) is 0 Å². The minimum Gasteiger partial charge on any atom is -0.384 e. The third-order valence-corrected chi connectivity index (χ3v) is 6.52. The van der Waals surface area contributed by atoms with Crippen LogP contribution in [-0.2, 0) is 6.54 Å². The molecule has 0 radical (unpaired) electrons. The third-order valence-electron chi connectivity index (χ3n) is 6.52. The lowest BCUT2D eigenvalue weighted by molar-refractivity contribution is -0.383. The first-order chi connectivity index (χ1) is 18.3. The van der Waals surface area contributed by atoms with Crippen LogP contribution in [0.4, 0.5) is 23.4 Å². The smallest absolute Gasteiger partial charge is 0.297 e. The van der Waals surface area contributed by atoms with Crippen molar-refractivity contribution in [3.05, 3.63) is 75.8 Å². The van der Waals surface area contributed by atoms with Gasteiger partial charge in [0.15, 0.2) is 11.5 Å². The number of hydrogen-bond donors (Lipinski definition) is 3. The summed E-state index contributed by atoms with van der Waals surface area (Å²) >= 11 is 0. The lowest BCUT2D eigenvalue weighted by atomic mass is 10.0. The van der Waals surface area contributed by atoms with Crippen LogP contribution in [0.25, 0.3) is 22.2 Å². The van der Waals surface area contributed by atoms with Crippen molar-refractivity contribution < 1.29 is 9.45 Å². The number of benzene rings is 2. The number of fused-ring (bicyclic) bond motifs is 1. The molecule has 4 heterocycles. The van der Waals surface area contributed by atoms with Crippen LogP contribution >= 0.6 is 0 Å². The lowest BCUT2D eigenvalue weighted by Gasteiger charge is -2.18. The molecule has 0 unspecified atom stereocenters. The van der Waals surface area contributed by atoms with E-state index in [1.165, 1.54) is 6.20 Å². The van der Waals surface area contributed by atoms with Crippen molar-refractivity contribution in [2.45, 2.75) is 33.2 Å². The van der Waals surface area contributed by atoms with E-state index in [0.717, 1.165) is 54.1 Å². The molecular formula is C26H29N9O3. The minimum atomic E-state index is -0.350. The number of nitro benzene ring substituents is 1. The van der Waals surface area contributed by atoms with E-state index in [9.17, 15) is 10.1 Å². The SMILES string of the molecule is Cc1noc(C)c1-c1cc([N+](=O)[O-])c2nc(N3CCCC3)n(Cc3ccccc3)c2c1.Nc1cnc(N)[nH]1. The van der Waals surface area contributed by atoms with E-state index in [0.29, 0.717) is 35.3 Å². The number of H-pyrrole nitrogens is 1. The van der Waals surface area contributed by atoms with E-state index in [2.05, 4.69) is 36.7 Å². The predicted molar refractivity (Wildman–Crippen MR) is 146 cm³/mol. The van der Waals surface area contributed by atoms with Gasteiger partial charge in [0.25, 0.3) is 5.69 Å². The zero-order chi connectivity index (χ0) is 26.8. The summed E-state index contributed by atoms with van der Waals surface area (Å²) in [7, 11) is 0. The fraction of sp³-hybridized carbons (Fsp3) is 0.269. The van der Waals surface area contributed by atoms with Crippen LogP contribution in [0, 0.1) is 24.0 Å². The monoisotopic (exact) mass is 515 g/mol. The van der Waals surface area contributed by atoms with Gasteiger partial charge in [-0.15, -0.1) is 0 Å². The van der Waals surface area contributed by atoms with Gasteiger partial charge in [0.05, 0.1) is 28.9 Å². The van der Waals surface area contributed by atoms with Crippen molar-refractivity contribution >= 4 is 34.4 Å². The zero-order valence-corrected chi connectivity index (χ0v) is 21.2. The molecule has 0 aliphatic carbocycles. The number of hydrogen-bond acceptors (Lipinski definition) is 9. The van der Waals surface area contributed by atoms with Gasteiger partial charge in [-0.1, -0.05) is 35.5 Å². The highest BCUT2D eigenvalue weighted by molar-refractivity contribution is 5.92. The molecule has 2 aromatic carbocycles. The molecule has 0 saturated carbocycles. The quantitative estimate of drug-likeness (QED) is 0.226. The molecule has 1 aliphatic heterocycles. The molecule has 1 saturated heterocycles. The van der Waals surface area contributed by atoms with Crippen LogP contribution in [0.3, 0.4) is 0 Å². The third kappa shape index (κ3) is 4.88. The topological polar surface area (TPSA) is 171 Å². The van der Waals surface area contributed by atoms with E-state index >= 15 is 0 Å². The Labute approximate surface area is 218 Å². The van der Waals surface area contributed by atoms with Gasteiger partial charge in [-0.25, -0.2) is 9.97 Å². The molecule has 1 aliphatic rings. The minimum absolute atomic E-state index is 0.000224. The number of aromatic nitrogens is 5. The number of nitrogens with one attached hydrogen (secondary N) is 1.